The second-order valence-corrected chi connectivity index (χ2v) is 37.1. The van der Waals surface area contributed by atoms with Crippen LogP contribution in [0, 0.1) is 56.2 Å². The van der Waals surface area contributed by atoms with Crippen molar-refractivity contribution < 1.29 is 71.2 Å². The van der Waals surface area contributed by atoms with Crippen molar-refractivity contribution in [1.29, 1.82) is 0 Å². The van der Waals surface area contributed by atoms with E-state index in [0.29, 0.717) is 173 Å². The second kappa shape index (κ2) is 48.7. The van der Waals surface area contributed by atoms with Gasteiger partial charge >= 0.3 is 0 Å². The highest BCUT2D eigenvalue weighted by Gasteiger charge is 2.44. The number of anilines is 4. The van der Waals surface area contributed by atoms with Crippen molar-refractivity contribution in [2.24, 2.45) is 52.5 Å². The average molecular weight is 1970 g/mol. The lowest BCUT2D eigenvalue weighted by atomic mass is 9.83. The first-order chi connectivity index (χ1) is 65.7. The fourth-order valence-corrected chi connectivity index (χ4v) is 21.4. The average Bonchev–Trinajstić information content (AvgIpc) is 1.62. The van der Waals surface area contributed by atoms with E-state index in [-0.39, 0.29) is 118 Å². The van der Waals surface area contributed by atoms with Gasteiger partial charge in [-0.15, -0.1) is 0 Å². The van der Waals surface area contributed by atoms with Crippen LogP contribution in [0.25, 0.3) is 45.0 Å². The van der Waals surface area contributed by atoms with Crippen molar-refractivity contribution in [2.45, 2.75) is 212 Å². The molecule has 4 aromatic heterocycles. The number of likely N-dealkylation sites (tertiary alicyclic amines) is 4. The number of halogens is 2. The van der Waals surface area contributed by atoms with Gasteiger partial charge in [0, 0.05) is 111 Å². The van der Waals surface area contributed by atoms with Gasteiger partial charge in [-0.25, -0.2) is 23.1 Å². The van der Waals surface area contributed by atoms with E-state index in [9.17, 15) is 42.7 Å². The van der Waals surface area contributed by atoms with Gasteiger partial charge in [0.25, 0.3) is 23.6 Å². The van der Waals surface area contributed by atoms with Gasteiger partial charge in [-0.1, -0.05) is 81.5 Å². The summed E-state index contributed by atoms with van der Waals surface area (Å²) in [7, 11) is 6.47. The molecule has 12 heterocycles. The zero-order valence-electron chi connectivity index (χ0n) is 80.9. The summed E-state index contributed by atoms with van der Waals surface area (Å²) < 4.78 is 55.8. The second-order valence-electron chi connectivity index (χ2n) is 36.6. The number of methoxy groups -OCH3 is 4. The predicted octanol–water partition coefficient (Wildman–Crippen LogP) is 16.8. The molecular formula is C105H148ClFN20O14. The molecular weight excluding hydrogens is 1820 g/mol. The number of fused-ring (bicyclic) bond motifs is 4. The molecule has 4 aromatic carbocycles. The number of carbonyl (C=O) groups is 8. The Balaban J connectivity index is 0.000000208. The lowest BCUT2D eigenvalue weighted by Crippen LogP contribution is -2.46. The summed E-state index contributed by atoms with van der Waals surface area (Å²) in [6.07, 6.45) is 16.6. The summed E-state index contributed by atoms with van der Waals surface area (Å²) >= 11 is 6.10. The molecule has 8 aromatic rings. The van der Waals surface area contributed by atoms with Gasteiger partial charge < -0.3 is 92.2 Å². The zero-order chi connectivity index (χ0) is 98.8. The number of aromatic nitrogens is 8. The van der Waals surface area contributed by atoms with Gasteiger partial charge in [-0.05, 0) is 245 Å². The van der Waals surface area contributed by atoms with Crippen LogP contribution in [0.2, 0.25) is 5.02 Å². The van der Waals surface area contributed by atoms with Crippen LogP contribution < -0.4 is 72.6 Å². The summed E-state index contributed by atoms with van der Waals surface area (Å²) in [5.74, 6) is 4.70. The Labute approximate surface area is 834 Å². The highest BCUT2D eigenvalue weighted by atomic mass is 35.5. The Morgan fingerprint density at radius 3 is 1.02 bits per heavy atom. The third-order valence-corrected chi connectivity index (χ3v) is 28.3. The molecule has 16 rings (SSSR count). The first-order valence-corrected chi connectivity index (χ1v) is 47.8. The van der Waals surface area contributed by atoms with E-state index >= 15 is 0 Å². The van der Waals surface area contributed by atoms with E-state index in [1.807, 2.05) is 97.5 Å². The number of primary amides is 4. The van der Waals surface area contributed by atoms with Gasteiger partial charge in [0.1, 0.15) is 97.0 Å². The van der Waals surface area contributed by atoms with Crippen LogP contribution in [-0.4, -0.2) is 225 Å². The smallest absolute Gasteiger partial charge is 0.254 e. The van der Waals surface area contributed by atoms with Crippen molar-refractivity contribution in [3.63, 3.8) is 0 Å². The predicted molar refractivity (Wildman–Crippen MR) is 554 cm³/mol. The van der Waals surface area contributed by atoms with Crippen LogP contribution in [0.1, 0.15) is 236 Å². The maximum atomic E-state index is 14.4. The minimum absolute atomic E-state index is 0. The number of nitrogens with two attached hydrogens (primary N) is 4. The highest BCUT2D eigenvalue weighted by molar-refractivity contribution is 6.31. The maximum absolute atomic E-state index is 14.4. The van der Waals surface area contributed by atoms with Crippen LogP contribution in [0.5, 0.6) is 34.5 Å². The van der Waals surface area contributed by atoms with Crippen LogP contribution in [0.15, 0.2) is 99.2 Å². The molecule has 0 saturated carbocycles. The molecule has 141 heavy (non-hydrogen) atoms. The molecule has 0 radical (unpaired) electrons. The van der Waals surface area contributed by atoms with E-state index in [1.165, 1.54) is 36.4 Å². The Morgan fingerprint density at radius 2 is 0.716 bits per heavy atom. The van der Waals surface area contributed by atoms with E-state index in [0.717, 1.165) is 142 Å². The maximum Gasteiger partial charge on any atom is 0.254 e. The monoisotopic (exact) mass is 1970 g/mol. The van der Waals surface area contributed by atoms with E-state index < -0.39 is 29.4 Å². The number of benzene rings is 4. The van der Waals surface area contributed by atoms with Crippen molar-refractivity contribution in [3.05, 3.63) is 154 Å². The fourth-order valence-electron chi connectivity index (χ4n) is 21.2. The van der Waals surface area contributed by atoms with Gasteiger partial charge in [0.05, 0.1) is 70.8 Å². The topological polar surface area (TPSA) is 428 Å². The third-order valence-electron chi connectivity index (χ3n) is 28.1. The molecule has 766 valence electrons. The number of ether oxygens (including phenoxy) is 6. The first kappa shape index (κ1) is 111. The minimum Gasteiger partial charge on any atom is -0.496 e. The molecule has 12 N–H and O–H groups in total. The SMILES string of the molecule is C.C.C.C.C=CC(=O)N1CCC(C2CCNc3c(C(N)=O)c(-c4cc(C)c(C)c(OCC)c4)nn32)CC1.C=CC(=O)N1CCC(C2CCNc3c(C(N)=O)c(-c4cc(Cl)c(F)c(OCC)c4)nn32)CC1.C=CC(=O)N1CCC(C2CCNc3c(C(N)=O)c(-c4cc(OC)c(C)c(OC)c4)nn32)CC1C.C=CC(=O)N1CCC(C2CCNc3c(C(N)=O)c(-c4cc(OC)c(CC(C)C)c(OC)c4)nn32)CC1C. The number of rotatable bonds is 26. The van der Waals surface area contributed by atoms with E-state index in [4.69, 9.17) is 83.4 Å². The van der Waals surface area contributed by atoms with Crippen molar-refractivity contribution in [2.75, 3.05) is 128 Å². The van der Waals surface area contributed by atoms with E-state index in [2.05, 4.69) is 75.3 Å². The highest BCUT2D eigenvalue weighted by Crippen LogP contribution is 2.49. The van der Waals surface area contributed by atoms with Crippen LogP contribution in [-0.2, 0) is 25.6 Å². The van der Waals surface area contributed by atoms with Crippen LogP contribution in [0.4, 0.5) is 27.7 Å². The number of piperidine rings is 4. The Bertz CT molecular complexity index is 5680. The lowest BCUT2D eigenvalue weighted by Gasteiger charge is -2.41. The molecule has 0 aliphatic carbocycles. The first-order valence-electron chi connectivity index (χ1n) is 47.4. The summed E-state index contributed by atoms with van der Waals surface area (Å²) in [6, 6.07) is 15.0. The Hall–Kier alpha value is -13.3. The lowest BCUT2D eigenvalue weighted by molar-refractivity contribution is -0.131. The minimum atomic E-state index is -0.663. The van der Waals surface area contributed by atoms with Gasteiger partial charge in [-0.3, -0.25) is 38.4 Å². The number of hydrogen-bond acceptors (Lipinski definition) is 22. The number of aryl methyl sites for hydroxylation is 1. The third kappa shape index (κ3) is 23.3. The summed E-state index contributed by atoms with van der Waals surface area (Å²) in [6.45, 7) is 40.3. The molecule has 36 heteroatoms. The number of nitrogens with one attached hydrogen (secondary N) is 4. The fraction of sp³-hybridized carbons (Fsp3) is 0.505. The molecule has 8 amide bonds. The quantitative estimate of drug-likeness (QED) is 0.0233. The molecule has 0 bridgehead atoms. The number of nitrogens with zero attached hydrogens (tertiary/aromatic N) is 12. The summed E-state index contributed by atoms with van der Waals surface area (Å²) in [4.78, 5) is 106. The summed E-state index contributed by atoms with van der Waals surface area (Å²) in [5.41, 5.74) is 33.4. The summed E-state index contributed by atoms with van der Waals surface area (Å²) in [5, 5.41) is 32.8. The molecule has 8 aliphatic heterocycles. The Morgan fingerprint density at radius 1 is 0.426 bits per heavy atom. The van der Waals surface area contributed by atoms with Crippen molar-refractivity contribution in [3.8, 4) is 79.5 Å². The Kier molecular flexibility index (Phi) is 38.4. The van der Waals surface area contributed by atoms with Crippen LogP contribution in [0.3, 0.4) is 0 Å². The molecule has 8 atom stereocenters. The number of amides is 8. The van der Waals surface area contributed by atoms with Crippen molar-refractivity contribution in [1.82, 2.24) is 58.7 Å². The number of hydrogen-bond donors (Lipinski definition) is 8. The number of carbonyl (C=O) groups excluding carboxylic acids is 8. The molecule has 4 saturated heterocycles. The normalized spacial score (nSPS) is 19.5. The molecule has 0 spiro atoms. The van der Waals surface area contributed by atoms with E-state index in [1.54, 1.807) is 40.3 Å². The van der Waals surface area contributed by atoms with Gasteiger partial charge in [-0.2, -0.15) is 20.4 Å². The standard InChI is InChI=1S/C28H39N5O4.C25H33N5O4.C25H33N5O3.C23H27ClFN5O3.4CH4/c1-7-24(34)32-11-9-18(13-17(32)4)21-8-10-30-28-25(27(29)35)26(31-33(21)28)19-14-22(36-5)20(12-16(2)3)23(15-19)37-6;1-6-21(31)29-10-8-16(11-14(29)2)18-7-9-27-25-22(24(26)32)23(28-30(18)25)17-12-19(33-4)15(3)20(13-17)34-5;1-5-21(31)29-11-8-17(9-12-29)19-7-10-27-25-22(24(26)32)23(28-30(19)25)18-13-15(3)16(4)20(14-18)33-6-2;1-3-18(31)29-9-6-13(7-10-29)16-5-8-27-23-19(22(26)32)21(28-30(16)23)14-11-15(24)20(25)17(12-14)33-4-2;;;;/h7,14-18,21,30H,1,8-13H2,2-6H3,(H2,29,35);6,12-14,16,18,27H,1,7-11H2,2-5H3,(H2,26,32);5,13-14,17,19,27H,1,6-12H2,2-4H3,(H2,26,32);3,11-13,16,27H,1,4-10H2,2H3,(H2,26,32);4*1H4. The van der Waals surface area contributed by atoms with Gasteiger partial charge in [0.2, 0.25) is 23.6 Å². The zero-order valence-corrected chi connectivity index (χ0v) is 81.7. The molecule has 8 unspecified atom stereocenters. The molecule has 4 fully saturated rings. The molecule has 34 nitrogen and oxygen atoms in total. The van der Waals surface area contributed by atoms with Crippen molar-refractivity contribution >= 4 is 82.1 Å². The van der Waals surface area contributed by atoms with Gasteiger partial charge in [0.15, 0.2) is 11.6 Å². The largest absolute Gasteiger partial charge is 0.496 e. The molecule has 8 aliphatic rings. The van der Waals surface area contributed by atoms with Crippen LogP contribution >= 0.6 is 11.6 Å².